The second-order valence-electron chi connectivity index (χ2n) is 6.25. The van der Waals surface area contributed by atoms with Crippen molar-refractivity contribution >= 4 is 17.2 Å². The molecule has 1 aliphatic heterocycles. The van der Waals surface area contributed by atoms with E-state index in [2.05, 4.69) is 22.1 Å². The first-order valence-electron chi connectivity index (χ1n) is 7.75. The summed E-state index contributed by atoms with van der Waals surface area (Å²) in [5.41, 5.74) is 1.53. The van der Waals surface area contributed by atoms with Gasteiger partial charge in [0.05, 0.1) is 6.61 Å². The molecule has 1 spiro atoms. The first-order valence-corrected chi connectivity index (χ1v) is 8.69. The number of nitrogens with zero attached hydrogens (tertiary/aromatic N) is 1. The molecule has 1 atom stereocenters. The molecule has 2 aliphatic rings. The summed E-state index contributed by atoms with van der Waals surface area (Å²) in [6.07, 6.45) is 3.39. The highest BCUT2D eigenvalue weighted by Crippen LogP contribution is 2.59. The summed E-state index contributed by atoms with van der Waals surface area (Å²) in [4.78, 5) is 14.9. The van der Waals surface area contributed by atoms with Gasteiger partial charge in [0.15, 0.2) is 0 Å². The maximum Gasteiger partial charge on any atom is 0.226 e. The van der Waals surface area contributed by atoms with Gasteiger partial charge in [0.2, 0.25) is 5.91 Å². The molecule has 1 aliphatic carbocycles. The standard InChI is InChI=1S/C16H24N2O2S/c1-20-8-7-18(11-13-2-9-21-12-13)15(19)14-10-16(14)3-5-17-6-4-16/h2,9,12,14,17H,3-8,10-11H2,1H3/t14-/m0/s1. The Hall–Kier alpha value is -0.910. The smallest absolute Gasteiger partial charge is 0.226 e. The number of amides is 1. The van der Waals surface area contributed by atoms with Gasteiger partial charge in [0.1, 0.15) is 0 Å². The van der Waals surface area contributed by atoms with Crippen molar-refractivity contribution < 1.29 is 9.53 Å². The molecule has 1 aromatic rings. The van der Waals surface area contributed by atoms with Crippen LogP contribution in [0.25, 0.3) is 0 Å². The van der Waals surface area contributed by atoms with Gasteiger partial charge in [-0.05, 0) is 60.2 Å². The number of rotatable bonds is 6. The summed E-state index contributed by atoms with van der Waals surface area (Å²) in [5, 5.41) is 7.59. The lowest BCUT2D eigenvalue weighted by atomic mass is 9.91. The minimum absolute atomic E-state index is 0.245. The Bertz CT molecular complexity index is 469. The summed E-state index contributed by atoms with van der Waals surface area (Å²) in [6, 6.07) is 2.10. The Balaban J connectivity index is 1.63. The highest BCUT2D eigenvalue weighted by molar-refractivity contribution is 7.07. The lowest BCUT2D eigenvalue weighted by Gasteiger charge is -2.27. The number of hydrogen-bond acceptors (Lipinski definition) is 4. The highest BCUT2D eigenvalue weighted by Gasteiger charge is 2.58. The summed E-state index contributed by atoms with van der Waals surface area (Å²) < 4.78 is 5.18. The van der Waals surface area contributed by atoms with Crippen LogP contribution in [0.5, 0.6) is 0 Å². The van der Waals surface area contributed by atoms with E-state index in [1.54, 1.807) is 18.4 Å². The third-order valence-corrected chi connectivity index (χ3v) is 5.65. The number of piperidine rings is 1. The fourth-order valence-corrected chi connectivity index (χ4v) is 4.13. The molecule has 3 rings (SSSR count). The van der Waals surface area contributed by atoms with Crippen LogP contribution in [0.1, 0.15) is 24.8 Å². The molecular formula is C16H24N2O2S. The molecule has 5 heteroatoms. The van der Waals surface area contributed by atoms with Crippen molar-refractivity contribution in [2.45, 2.75) is 25.8 Å². The molecule has 0 bridgehead atoms. The van der Waals surface area contributed by atoms with Crippen LogP contribution in [0.3, 0.4) is 0 Å². The van der Waals surface area contributed by atoms with E-state index in [0.29, 0.717) is 24.5 Å². The summed E-state index contributed by atoms with van der Waals surface area (Å²) in [5.74, 6) is 0.579. The van der Waals surface area contributed by atoms with Crippen LogP contribution in [0.2, 0.25) is 0 Å². The average Bonchev–Trinajstić information content (AvgIpc) is 2.96. The topological polar surface area (TPSA) is 41.6 Å². The molecule has 1 saturated heterocycles. The predicted octanol–water partition coefficient (Wildman–Crippen LogP) is 2.11. The molecule has 2 heterocycles. The summed E-state index contributed by atoms with van der Waals surface area (Å²) >= 11 is 1.69. The van der Waals surface area contributed by atoms with Crippen molar-refractivity contribution in [1.29, 1.82) is 0 Å². The van der Waals surface area contributed by atoms with Crippen molar-refractivity contribution in [2.75, 3.05) is 33.4 Å². The highest BCUT2D eigenvalue weighted by atomic mass is 32.1. The number of hydrogen-bond donors (Lipinski definition) is 1. The molecule has 0 radical (unpaired) electrons. The SMILES string of the molecule is COCCN(Cc1ccsc1)C(=O)[C@@H]1CC12CCNCC2. The van der Waals surface area contributed by atoms with Crippen molar-refractivity contribution in [2.24, 2.45) is 11.3 Å². The molecule has 1 saturated carbocycles. The third kappa shape index (κ3) is 3.30. The maximum atomic E-state index is 12.9. The maximum absolute atomic E-state index is 12.9. The molecule has 1 N–H and O–H groups in total. The largest absolute Gasteiger partial charge is 0.383 e. The van der Waals surface area contributed by atoms with Crippen molar-refractivity contribution in [3.63, 3.8) is 0 Å². The van der Waals surface area contributed by atoms with Crippen molar-refractivity contribution in [3.8, 4) is 0 Å². The predicted molar refractivity (Wildman–Crippen MR) is 84.3 cm³/mol. The lowest BCUT2D eigenvalue weighted by molar-refractivity contribution is -0.135. The number of carbonyl (C=O) groups excluding carboxylic acids is 1. The van der Waals surface area contributed by atoms with Gasteiger partial charge in [-0.25, -0.2) is 0 Å². The van der Waals surface area contributed by atoms with E-state index in [1.807, 2.05) is 4.90 Å². The molecule has 1 amide bonds. The van der Waals surface area contributed by atoms with Crippen molar-refractivity contribution in [1.82, 2.24) is 10.2 Å². The molecule has 0 unspecified atom stereocenters. The first kappa shape index (κ1) is 15.0. The lowest BCUT2D eigenvalue weighted by Crippen LogP contribution is -2.37. The summed E-state index contributed by atoms with van der Waals surface area (Å²) in [7, 11) is 1.69. The van der Waals surface area contributed by atoms with E-state index < -0.39 is 0 Å². The minimum Gasteiger partial charge on any atom is -0.383 e. The van der Waals surface area contributed by atoms with Crippen LogP contribution in [-0.4, -0.2) is 44.2 Å². The van der Waals surface area contributed by atoms with E-state index >= 15 is 0 Å². The average molecular weight is 308 g/mol. The van der Waals surface area contributed by atoms with Crippen molar-refractivity contribution in [3.05, 3.63) is 22.4 Å². The van der Waals surface area contributed by atoms with Gasteiger partial charge in [0.25, 0.3) is 0 Å². The third-order valence-electron chi connectivity index (χ3n) is 4.92. The van der Waals surface area contributed by atoms with Crippen LogP contribution in [0, 0.1) is 11.3 Å². The van der Waals surface area contributed by atoms with Gasteiger partial charge in [0, 0.05) is 26.1 Å². The fraction of sp³-hybridized carbons (Fsp3) is 0.688. The van der Waals surface area contributed by atoms with Crippen LogP contribution >= 0.6 is 11.3 Å². The normalized spacial score (nSPS) is 23.2. The Morgan fingerprint density at radius 1 is 1.52 bits per heavy atom. The van der Waals surface area contributed by atoms with Gasteiger partial charge < -0.3 is 15.0 Å². The van der Waals surface area contributed by atoms with Crippen LogP contribution in [-0.2, 0) is 16.1 Å². The van der Waals surface area contributed by atoms with E-state index in [1.165, 1.54) is 5.56 Å². The Kier molecular flexibility index (Phi) is 4.62. The van der Waals surface area contributed by atoms with Gasteiger partial charge in [-0.3, -0.25) is 4.79 Å². The summed E-state index contributed by atoms with van der Waals surface area (Å²) in [6.45, 7) is 4.14. The van der Waals surface area contributed by atoms with Crippen LogP contribution in [0.4, 0.5) is 0 Å². The quantitative estimate of drug-likeness (QED) is 0.875. The Morgan fingerprint density at radius 2 is 2.33 bits per heavy atom. The molecule has 116 valence electrons. The first-order chi connectivity index (χ1) is 10.2. The van der Waals surface area contributed by atoms with Crippen LogP contribution < -0.4 is 5.32 Å². The zero-order valence-electron chi connectivity index (χ0n) is 12.6. The monoisotopic (exact) mass is 308 g/mol. The van der Waals surface area contributed by atoms with Gasteiger partial charge in [-0.2, -0.15) is 11.3 Å². The molecule has 4 nitrogen and oxygen atoms in total. The number of methoxy groups -OCH3 is 1. The number of nitrogens with one attached hydrogen (secondary N) is 1. The Morgan fingerprint density at radius 3 is 3.00 bits per heavy atom. The minimum atomic E-state index is 0.245. The zero-order chi connectivity index (χ0) is 14.7. The fourth-order valence-electron chi connectivity index (χ4n) is 3.47. The van der Waals surface area contributed by atoms with E-state index in [9.17, 15) is 4.79 Å². The van der Waals surface area contributed by atoms with Gasteiger partial charge in [-0.1, -0.05) is 0 Å². The number of carbonyl (C=O) groups is 1. The molecule has 1 aromatic heterocycles. The number of ether oxygens (including phenoxy) is 1. The molecule has 0 aromatic carbocycles. The molecule has 2 fully saturated rings. The van der Waals surface area contributed by atoms with E-state index in [0.717, 1.165) is 38.9 Å². The van der Waals surface area contributed by atoms with Gasteiger partial charge >= 0.3 is 0 Å². The Labute approximate surface area is 130 Å². The zero-order valence-corrected chi connectivity index (χ0v) is 13.5. The van der Waals surface area contributed by atoms with Gasteiger partial charge in [-0.15, -0.1) is 0 Å². The van der Waals surface area contributed by atoms with E-state index in [-0.39, 0.29) is 5.92 Å². The van der Waals surface area contributed by atoms with Crippen LogP contribution in [0.15, 0.2) is 16.8 Å². The second-order valence-corrected chi connectivity index (χ2v) is 7.03. The second kappa shape index (κ2) is 6.46. The van der Waals surface area contributed by atoms with E-state index in [4.69, 9.17) is 4.74 Å². The molecular weight excluding hydrogens is 284 g/mol. The molecule has 21 heavy (non-hydrogen) atoms. The number of thiophene rings is 1.